The Labute approximate surface area is 157 Å². The minimum Gasteiger partial charge on any atom is -0.465 e. The second-order valence-corrected chi connectivity index (χ2v) is 6.24. The van der Waals surface area contributed by atoms with Crippen molar-refractivity contribution in [1.29, 1.82) is 0 Å². The van der Waals surface area contributed by atoms with E-state index in [1.54, 1.807) is 6.07 Å². The molecule has 0 aliphatic heterocycles. The number of hydrogen-bond donors (Lipinski definition) is 5. The van der Waals surface area contributed by atoms with Crippen molar-refractivity contribution in [3.63, 3.8) is 0 Å². The summed E-state index contributed by atoms with van der Waals surface area (Å²) in [6.45, 7) is -0.169. The largest absolute Gasteiger partial charge is 0.465 e. The molecule has 0 spiro atoms. The quantitative estimate of drug-likeness (QED) is 0.365. The highest BCUT2D eigenvalue weighted by Crippen LogP contribution is 2.30. The molecular formula is C19H16FN5O3. The van der Waals surface area contributed by atoms with Crippen molar-refractivity contribution in [3.8, 4) is 11.1 Å². The number of carbonyl (C=O) groups is 2. The lowest BCUT2D eigenvalue weighted by Crippen LogP contribution is -2.36. The molecule has 2 aromatic carbocycles. The smallest absolute Gasteiger partial charge is 0.405 e. The lowest BCUT2D eigenvalue weighted by atomic mass is 10.0. The van der Waals surface area contributed by atoms with Gasteiger partial charge in [-0.25, -0.2) is 14.2 Å². The summed E-state index contributed by atoms with van der Waals surface area (Å²) in [4.78, 5) is 32.6. The second kappa shape index (κ2) is 7.03. The van der Waals surface area contributed by atoms with Crippen LogP contribution in [0.1, 0.15) is 5.82 Å². The van der Waals surface area contributed by atoms with E-state index in [2.05, 4.69) is 20.3 Å². The average Bonchev–Trinajstić information content (AvgIpc) is 3.27. The van der Waals surface area contributed by atoms with Gasteiger partial charge in [-0.3, -0.25) is 4.79 Å². The third kappa shape index (κ3) is 3.50. The maximum atomic E-state index is 13.4. The zero-order valence-electron chi connectivity index (χ0n) is 14.5. The Morgan fingerprint density at radius 2 is 1.96 bits per heavy atom. The molecule has 2 heterocycles. The van der Waals surface area contributed by atoms with Crippen molar-refractivity contribution < 1.29 is 19.1 Å². The van der Waals surface area contributed by atoms with E-state index in [1.807, 2.05) is 29.7 Å². The number of H-pyrrole nitrogens is 2. The lowest BCUT2D eigenvalue weighted by molar-refractivity contribution is -0.120. The fourth-order valence-electron chi connectivity index (χ4n) is 3.05. The summed E-state index contributed by atoms with van der Waals surface area (Å²) in [6.07, 6.45) is 0.574. The Balaban J connectivity index is 1.54. The topological polar surface area (TPSA) is 123 Å². The number of rotatable bonds is 5. The first-order valence-electron chi connectivity index (χ1n) is 8.49. The lowest BCUT2D eigenvalue weighted by Gasteiger charge is -2.02. The first-order valence-corrected chi connectivity index (χ1v) is 8.49. The number of carbonyl (C=O) groups excluding carboxylic acids is 1. The molecule has 0 aliphatic carbocycles. The fourth-order valence-corrected chi connectivity index (χ4v) is 3.05. The minimum atomic E-state index is -1.26. The molecule has 9 heteroatoms. The van der Waals surface area contributed by atoms with Gasteiger partial charge in [-0.05, 0) is 35.9 Å². The van der Waals surface area contributed by atoms with Crippen LogP contribution in [0.5, 0.6) is 0 Å². The number of fused-ring (bicyclic) bond motifs is 2. The van der Waals surface area contributed by atoms with Gasteiger partial charge < -0.3 is 25.7 Å². The molecule has 0 fully saturated rings. The van der Waals surface area contributed by atoms with Gasteiger partial charge >= 0.3 is 6.09 Å². The number of hydrogen-bond acceptors (Lipinski definition) is 3. The van der Waals surface area contributed by atoms with Crippen molar-refractivity contribution in [2.75, 3.05) is 6.54 Å². The highest BCUT2D eigenvalue weighted by atomic mass is 19.1. The van der Waals surface area contributed by atoms with E-state index in [-0.39, 0.29) is 18.9 Å². The highest BCUT2D eigenvalue weighted by molar-refractivity contribution is 5.97. The molecule has 8 nitrogen and oxygen atoms in total. The molecule has 0 saturated heterocycles. The monoisotopic (exact) mass is 381 g/mol. The van der Waals surface area contributed by atoms with Crippen LogP contribution in [0.4, 0.5) is 9.18 Å². The number of halogens is 1. The average molecular weight is 381 g/mol. The van der Waals surface area contributed by atoms with Crippen molar-refractivity contribution in [3.05, 3.63) is 54.2 Å². The van der Waals surface area contributed by atoms with E-state index in [0.29, 0.717) is 5.82 Å². The molecule has 0 bridgehead atoms. The van der Waals surface area contributed by atoms with Gasteiger partial charge in [0.25, 0.3) is 0 Å². The zero-order chi connectivity index (χ0) is 19.7. The molecule has 0 aliphatic rings. The molecule has 4 rings (SSSR count). The summed E-state index contributed by atoms with van der Waals surface area (Å²) in [5.41, 5.74) is 4.14. The molecule has 5 N–H and O–H groups in total. The van der Waals surface area contributed by atoms with Crippen molar-refractivity contribution >= 4 is 33.9 Å². The Morgan fingerprint density at radius 3 is 2.79 bits per heavy atom. The van der Waals surface area contributed by atoms with Gasteiger partial charge in [-0.2, -0.15) is 0 Å². The Bertz CT molecular complexity index is 1200. The number of aromatic nitrogens is 3. The maximum Gasteiger partial charge on any atom is 0.405 e. The summed E-state index contributed by atoms with van der Waals surface area (Å²) in [5.74, 6) is -0.193. The summed E-state index contributed by atoms with van der Waals surface area (Å²) >= 11 is 0. The van der Waals surface area contributed by atoms with Crippen LogP contribution in [0.2, 0.25) is 0 Å². The van der Waals surface area contributed by atoms with Gasteiger partial charge in [0.2, 0.25) is 5.91 Å². The maximum absolute atomic E-state index is 13.4. The van der Waals surface area contributed by atoms with E-state index in [0.717, 1.165) is 33.1 Å². The van der Waals surface area contributed by atoms with Crippen LogP contribution in [-0.2, 0) is 11.3 Å². The van der Waals surface area contributed by atoms with Crippen LogP contribution >= 0.6 is 0 Å². The van der Waals surface area contributed by atoms with E-state index in [4.69, 9.17) is 5.11 Å². The van der Waals surface area contributed by atoms with E-state index in [1.165, 1.54) is 12.1 Å². The summed E-state index contributed by atoms with van der Waals surface area (Å²) in [6, 6.07) is 10.3. The first kappa shape index (κ1) is 17.5. The standard InChI is InChI=1S/C19H16FN5O3/c20-11-2-3-12-13(7-21-15(12)6-11)10-1-4-14-16(5-10)25-17(24-14)8-22-18(26)9-23-19(27)28/h1-7,21,23H,8-9H2,(H,22,26)(H,24,25)(H,27,28). The van der Waals surface area contributed by atoms with Gasteiger partial charge in [0.1, 0.15) is 11.6 Å². The summed E-state index contributed by atoms with van der Waals surface area (Å²) in [5, 5.41) is 14.0. The van der Waals surface area contributed by atoms with Crippen LogP contribution in [0.25, 0.3) is 33.1 Å². The van der Waals surface area contributed by atoms with Crippen LogP contribution in [0.15, 0.2) is 42.6 Å². The minimum absolute atomic E-state index is 0.149. The summed E-state index contributed by atoms with van der Waals surface area (Å²) < 4.78 is 13.4. The van der Waals surface area contributed by atoms with Crippen LogP contribution in [-0.4, -0.2) is 38.6 Å². The first-order chi connectivity index (χ1) is 13.5. The van der Waals surface area contributed by atoms with E-state index < -0.39 is 12.0 Å². The predicted molar refractivity (Wildman–Crippen MR) is 101 cm³/mol. The summed E-state index contributed by atoms with van der Waals surface area (Å²) in [7, 11) is 0. The van der Waals surface area contributed by atoms with E-state index >= 15 is 0 Å². The molecule has 0 saturated carbocycles. The number of carboxylic acid groups (broad SMARTS) is 1. The molecule has 0 unspecified atom stereocenters. The number of nitrogens with zero attached hydrogens (tertiary/aromatic N) is 1. The predicted octanol–water partition coefficient (Wildman–Crippen LogP) is 2.73. The fraction of sp³-hybridized carbons (Fsp3) is 0.105. The number of aromatic amines is 2. The molecular weight excluding hydrogens is 365 g/mol. The van der Waals surface area contributed by atoms with Crippen LogP contribution < -0.4 is 10.6 Å². The number of imidazole rings is 1. The highest BCUT2D eigenvalue weighted by Gasteiger charge is 2.10. The number of nitrogens with one attached hydrogen (secondary N) is 4. The molecule has 28 heavy (non-hydrogen) atoms. The second-order valence-electron chi connectivity index (χ2n) is 6.24. The molecule has 4 aromatic rings. The number of amides is 2. The number of benzene rings is 2. The van der Waals surface area contributed by atoms with Gasteiger partial charge in [-0.15, -0.1) is 0 Å². The van der Waals surface area contributed by atoms with Crippen molar-refractivity contribution in [1.82, 2.24) is 25.6 Å². The van der Waals surface area contributed by atoms with Gasteiger partial charge in [-0.1, -0.05) is 6.07 Å². The normalized spacial score (nSPS) is 11.0. The van der Waals surface area contributed by atoms with Crippen LogP contribution in [0.3, 0.4) is 0 Å². The molecule has 2 aromatic heterocycles. The third-order valence-corrected chi connectivity index (χ3v) is 4.34. The van der Waals surface area contributed by atoms with Crippen molar-refractivity contribution in [2.45, 2.75) is 6.54 Å². The Hall–Kier alpha value is -3.88. The molecule has 142 valence electrons. The van der Waals surface area contributed by atoms with E-state index in [9.17, 15) is 14.0 Å². The molecule has 2 amide bonds. The zero-order valence-corrected chi connectivity index (χ0v) is 14.5. The Morgan fingerprint density at radius 1 is 1.11 bits per heavy atom. The van der Waals surface area contributed by atoms with Gasteiger partial charge in [0, 0.05) is 22.7 Å². The molecule has 0 atom stereocenters. The third-order valence-electron chi connectivity index (χ3n) is 4.34. The van der Waals surface area contributed by atoms with Crippen molar-refractivity contribution in [2.24, 2.45) is 0 Å². The Kier molecular flexibility index (Phi) is 4.40. The van der Waals surface area contributed by atoms with Crippen LogP contribution in [0, 0.1) is 5.82 Å². The van der Waals surface area contributed by atoms with Gasteiger partial charge in [0.15, 0.2) is 0 Å². The molecule has 0 radical (unpaired) electrons. The van der Waals surface area contributed by atoms with Gasteiger partial charge in [0.05, 0.1) is 24.1 Å². The SMILES string of the molecule is O=C(O)NCC(=O)NCc1nc2ccc(-c3c[nH]c4cc(F)ccc34)cc2[nH]1.